The summed E-state index contributed by atoms with van der Waals surface area (Å²) in [4.78, 5) is 27.4. The van der Waals surface area contributed by atoms with Crippen LogP contribution in [0.5, 0.6) is 0 Å². The van der Waals surface area contributed by atoms with Gasteiger partial charge in [0.1, 0.15) is 0 Å². The lowest BCUT2D eigenvalue weighted by Gasteiger charge is -2.37. The Morgan fingerprint density at radius 3 is 2.23 bits per heavy atom. The summed E-state index contributed by atoms with van der Waals surface area (Å²) in [5.41, 5.74) is 1.46. The number of halogens is 1. The molecule has 5 aliphatic rings. The number of carbonyl (C=O) groups is 2. The molecule has 2 bridgehead atoms. The maximum atomic E-state index is 13.0. The number of hydrogen-bond acceptors (Lipinski definition) is 2. The Kier molecular flexibility index (Phi) is 2.35. The molecule has 6 rings (SSSR count). The zero-order chi connectivity index (χ0) is 15.2. The molecule has 1 aliphatic heterocycles. The van der Waals surface area contributed by atoms with E-state index in [0.29, 0.717) is 22.5 Å². The van der Waals surface area contributed by atoms with Crippen molar-refractivity contribution in [2.45, 2.75) is 13.3 Å². The number of anilines is 1. The van der Waals surface area contributed by atoms with Crippen LogP contribution in [-0.2, 0) is 9.59 Å². The minimum absolute atomic E-state index is 0.0231. The van der Waals surface area contributed by atoms with Crippen LogP contribution in [0.15, 0.2) is 30.4 Å². The van der Waals surface area contributed by atoms with Gasteiger partial charge in [0, 0.05) is 5.02 Å². The van der Waals surface area contributed by atoms with E-state index in [4.69, 9.17) is 11.6 Å². The van der Waals surface area contributed by atoms with Gasteiger partial charge in [-0.3, -0.25) is 9.59 Å². The van der Waals surface area contributed by atoms with E-state index in [1.807, 2.05) is 13.0 Å². The van der Waals surface area contributed by atoms with Gasteiger partial charge in [-0.1, -0.05) is 29.8 Å². The van der Waals surface area contributed by atoms with Crippen LogP contribution in [0, 0.1) is 42.4 Å². The van der Waals surface area contributed by atoms with Gasteiger partial charge in [-0.15, -0.1) is 0 Å². The van der Waals surface area contributed by atoms with E-state index >= 15 is 0 Å². The number of benzene rings is 1. The highest BCUT2D eigenvalue weighted by molar-refractivity contribution is 6.32. The molecule has 0 aromatic heterocycles. The lowest BCUT2D eigenvalue weighted by Crippen LogP contribution is -2.40. The summed E-state index contributed by atoms with van der Waals surface area (Å²) in [5.74, 6) is 1.45. The number of hydrogen-bond donors (Lipinski definition) is 0. The highest BCUT2D eigenvalue weighted by atomic mass is 35.5. The minimum atomic E-state index is -0.148. The van der Waals surface area contributed by atoms with E-state index in [1.165, 1.54) is 11.3 Å². The molecule has 2 amide bonds. The molecule has 0 N–H and O–H groups in total. The van der Waals surface area contributed by atoms with E-state index in [2.05, 4.69) is 12.2 Å². The standard InChI is InChI=1S/C18H16ClNO2/c1-8-13(19)3-2-4-14(8)20-17(21)15-9-5-6-10(12-7-11(9)12)16(15)18(20)22/h2-6,9-12,15-16H,7H2,1H3. The summed E-state index contributed by atoms with van der Waals surface area (Å²) >= 11 is 6.18. The summed E-state index contributed by atoms with van der Waals surface area (Å²) in [7, 11) is 0. The quantitative estimate of drug-likeness (QED) is 0.590. The normalized spacial score (nSPS) is 40.9. The van der Waals surface area contributed by atoms with E-state index in [-0.39, 0.29) is 35.5 Å². The Morgan fingerprint density at radius 2 is 1.64 bits per heavy atom. The van der Waals surface area contributed by atoms with Crippen LogP contribution in [0.25, 0.3) is 0 Å². The largest absolute Gasteiger partial charge is 0.274 e. The first-order valence-electron chi connectivity index (χ1n) is 7.91. The molecule has 4 heteroatoms. The average molecular weight is 314 g/mol. The second-order valence-electron chi connectivity index (χ2n) is 7.05. The summed E-state index contributed by atoms with van der Waals surface area (Å²) in [5, 5.41) is 0.594. The van der Waals surface area contributed by atoms with Crippen molar-refractivity contribution >= 4 is 29.1 Å². The number of carbonyl (C=O) groups excluding carboxylic acids is 2. The molecule has 1 aromatic rings. The third-order valence-electron chi connectivity index (χ3n) is 6.14. The highest BCUT2D eigenvalue weighted by Crippen LogP contribution is 2.65. The molecule has 1 heterocycles. The molecule has 6 atom stereocenters. The lowest BCUT2D eigenvalue weighted by molar-refractivity contribution is -0.124. The van der Waals surface area contributed by atoms with Crippen LogP contribution >= 0.6 is 11.6 Å². The Labute approximate surface area is 133 Å². The number of allylic oxidation sites excluding steroid dienone is 2. The predicted octanol–water partition coefficient (Wildman–Crippen LogP) is 3.21. The number of imide groups is 1. The second kappa shape index (κ2) is 4.02. The third kappa shape index (κ3) is 1.38. The monoisotopic (exact) mass is 313 g/mol. The SMILES string of the molecule is Cc1c(Cl)cccc1N1C(=O)C2C3C=CC(C4CC34)C2C1=O. The molecule has 0 radical (unpaired) electrons. The first kappa shape index (κ1) is 12.9. The van der Waals surface area contributed by atoms with Crippen LogP contribution in [0.1, 0.15) is 12.0 Å². The molecule has 3 nitrogen and oxygen atoms in total. The highest BCUT2D eigenvalue weighted by Gasteiger charge is 2.67. The number of nitrogens with zero attached hydrogens (tertiary/aromatic N) is 1. The van der Waals surface area contributed by atoms with Gasteiger partial charge < -0.3 is 0 Å². The van der Waals surface area contributed by atoms with Gasteiger partial charge in [-0.05, 0) is 54.7 Å². The summed E-state index contributed by atoms with van der Waals surface area (Å²) in [6.07, 6.45) is 5.57. The maximum absolute atomic E-state index is 13.0. The fourth-order valence-electron chi connectivity index (χ4n) is 5.03. The van der Waals surface area contributed by atoms with Crippen molar-refractivity contribution < 1.29 is 9.59 Å². The van der Waals surface area contributed by atoms with Gasteiger partial charge in [0.2, 0.25) is 11.8 Å². The van der Waals surface area contributed by atoms with Crippen molar-refractivity contribution in [2.75, 3.05) is 4.90 Å². The van der Waals surface area contributed by atoms with E-state index in [1.54, 1.807) is 12.1 Å². The molecule has 1 aromatic carbocycles. The van der Waals surface area contributed by atoms with Crippen molar-refractivity contribution in [2.24, 2.45) is 35.5 Å². The predicted molar refractivity (Wildman–Crippen MR) is 83.4 cm³/mol. The Bertz CT molecular complexity index is 719. The van der Waals surface area contributed by atoms with Crippen molar-refractivity contribution in [1.29, 1.82) is 0 Å². The van der Waals surface area contributed by atoms with Gasteiger partial charge >= 0.3 is 0 Å². The average Bonchev–Trinajstić information content (AvgIpc) is 3.28. The lowest BCUT2D eigenvalue weighted by atomic mass is 9.63. The fourth-order valence-corrected chi connectivity index (χ4v) is 5.20. The first-order valence-corrected chi connectivity index (χ1v) is 8.28. The molecule has 22 heavy (non-hydrogen) atoms. The topological polar surface area (TPSA) is 37.4 Å². The summed E-state index contributed by atoms with van der Waals surface area (Å²) < 4.78 is 0. The molecule has 1 saturated heterocycles. The fraction of sp³-hybridized carbons (Fsp3) is 0.444. The van der Waals surface area contributed by atoms with E-state index in [9.17, 15) is 9.59 Å². The second-order valence-corrected chi connectivity index (χ2v) is 7.46. The van der Waals surface area contributed by atoms with Crippen LogP contribution in [-0.4, -0.2) is 11.8 Å². The zero-order valence-corrected chi connectivity index (χ0v) is 13.0. The van der Waals surface area contributed by atoms with Crippen molar-refractivity contribution in [3.05, 3.63) is 40.9 Å². The van der Waals surface area contributed by atoms with Gasteiger partial charge in [0.15, 0.2) is 0 Å². The maximum Gasteiger partial charge on any atom is 0.238 e. The van der Waals surface area contributed by atoms with Crippen molar-refractivity contribution in [3.8, 4) is 0 Å². The van der Waals surface area contributed by atoms with Crippen LogP contribution in [0.2, 0.25) is 5.02 Å². The van der Waals surface area contributed by atoms with E-state index < -0.39 is 0 Å². The smallest absolute Gasteiger partial charge is 0.238 e. The molecule has 4 aliphatic carbocycles. The zero-order valence-electron chi connectivity index (χ0n) is 12.2. The molecular weight excluding hydrogens is 298 g/mol. The van der Waals surface area contributed by atoms with Gasteiger partial charge in [-0.2, -0.15) is 0 Å². The molecule has 6 unspecified atom stereocenters. The molecule has 0 spiro atoms. The van der Waals surface area contributed by atoms with Crippen LogP contribution < -0.4 is 4.90 Å². The Hall–Kier alpha value is -1.61. The van der Waals surface area contributed by atoms with Crippen LogP contribution in [0.4, 0.5) is 5.69 Å². The van der Waals surface area contributed by atoms with Gasteiger partial charge in [0.05, 0.1) is 17.5 Å². The number of rotatable bonds is 1. The molecule has 3 fully saturated rings. The van der Waals surface area contributed by atoms with Crippen molar-refractivity contribution in [1.82, 2.24) is 0 Å². The Balaban J connectivity index is 1.62. The van der Waals surface area contributed by atoms with Gasteiger partial charge in [0.25, 0.3) is 0 Å². The van der Waals surface area contributed by atoms with Crippen LogP contribution in [0.3, 0.4) is 0 Å². The molecule has 2 saturated carbocycles. The third-order valence-corrected chi connectivity index (χ3v) is 6.55. The first-order chi connectivity index (χ1) is 10.6. The number of amides is 2. The molecular formula is C18H16ClNO2. The van der Waals surface area contributed by atoms with Gasteiger partial charge in [-0.25, -0.2) is 4.90 Å². The minimum Gasteiger partial charge on any atom is -0.274 e. The van der Waals surface area contributed by atoms with Crippen molar-refractivity contribution in [3.63, 3.8) is 0 Å². The Morgan fingerprint density at radius 1 is 1.05 bits per heavy atom. The molecule has 112 valence electrons. The summed E-state index contributed by atoms with van der Waals surface area (Å²) in [6, 6.07) is 5.42. The van der Waals surface area contributed by atoms with E-state index in [0.717, 1.165) is 5.56 Å². The summed E-state index contributed by atoms with van der Waals surface area (Å²) in [6.45, 7) is 1.87.